The summed E-state index contributed by atoms with van der Waals surface area (Å²) in [6, 6.07) is 0. The first kappa shape index (κ1) is 17.0. The van der Waals surface area contributed by atoms with Crippen molar-refractivity contribution >= 4 is 15.9 Å². The van der Waals surface area contributed by atoms with Crippen molar-refractivity contribution in [3.8, 4) is 0 Å². The lowest BCUT2D eigenvalue weighted by atomic mass is 9.52. The monoisotopic (exact) mass is 406 g/mol. The van der Waals surface area contributed by atoms with E-state index in [4.69, 9.17) is 9.47 Å². The van der Waals surface area contributed by atoms with Gasteiger partial charge in [0.2, 0.25) is 0 Å². The number of ether oxygens (including phenoxy) is 2. The Labute approximate surface area is 160 Å². The molecule has 3 heteroatoms. The fraction of sp³-hybridized carbons (Fsp3) is 0.818. The van der Waals surface area contributed by atoms with E-state index in [9.17, 15) is 0 Å². The molecular weight excluding hydrogens is 376 g/mol. The molecule has 0 aromatic heterocycles. The molecule has 5 aliphatic rings. The van der Waals surface area contributed by atoms with E-state index < -0.39 is 5.79 Å². The summed E-state index contributed by atoms with van der Waals surface area (Å²) in [5, 5.41) is 0. The van der Waals surface area contributed by atoms with E-state index in [0.29, 0.717) is 16.2 Å². The molecule has 1 saturated carbocycles. The summed E-state index contributed by atoms with van der Waals surface area (Å²) in [5.74, 6) is 1.80. The second-order valence-electron chi connectivity index (χ2n) is 9.63. The van der Waals surface area contributed by atoms with Gasteiger partial charge in [-0.25, -0.2) is 0 Å². The third kappa shape index (κ3) is 2.04. The second-order valence-corrected chi connectivity index (χ2v) is 10.7. The third-order valence-electron chi connectivity index (χ3n) is 8.53. The SMILES string of the molecule is CC1C=C[C@]2(C)C3=C(CCC2C1)C1CC(Br)C2(OCCO2)[C@@]1(C)CC3. The average molecular weight is 407 g/mol. The zero-order valence-corrected chi connectivity index (χ0v) is 17.4. The number of rotatable bonds is 0. The molecular formula is C22H31BrO2. The van der Waals surface area contributed by atoms with Gasteiger partial charge in [-0.2, -0.15) is 0 Å². The van der Waals surface area contributed by atoms with Crippen molar-refractivity contribution in [3.63, 3.8) is 0 Å². The molecule has 4 unspecified atom stereocenters. The number of alkyl halides is 1. The molecule has 0 bridgehead atoms. The molecule has 0 radical (unpaired) electrons. The summed E-state index contributed by atoms with van der Waals surface area (Å²) in [5.41, 5.74) is 3.97. The molecule has 0 N–H and O–H groups in total. The van der Waals surface area contributed by atoms with Crippen LogP contribution in [0.2, 0.25) is 0 Å². The van der Waals surface area contributed by atoms with Crippen molar-refractivity contribution in [1.82, 2.24) is 0 Å². The number of halogens is 1. The fourth-order valence-corrected chi connectivity index (χ4v) is 8.26. The molecule has 2 nitrogen and oxygen atoms in total. The van der Waals surface area contributed by atoms with Crippen LogP contribution in [-0.2, 0) is 9.47 Å². The molecule has 6 atom stereocenters. The van der Waals surface area contributed by atoms with Crippen molar-refractivity contribution in [3.05, 3.63) is 23.3 Å². The van der Waals surface area contributed by atoms with Gasteiger partial charge in [-0.3, -0.25) is 0 Å². The summed E-state index contributed by atoms with van der Waals surface area (Å²) in [4.78, 5) is 0.316. The maximum Gasteiger partial charge on any atom is 0.186 e. The lowest BCUT2D eigenvalue weighted by molar-refractivity contribution is -0.222. The zero-order valence-electron chi connectivity index (χ0n) is 15.8. The Kier molecular flexibility index (Phi) is 3.71. The van der Waals surface area contributed by atoms with Gasteiger partial charge >= 0.3 is 0 Å². The van der Waals surface area contributed by atoms with Gasteiger partial charge in [-0.15, -0.1) is 0 Å². The Bertz CT molecular complexity index is 646. The molecule has 2 fully saturated rings. The molecule has 5 rings (SSSR count). The average Bonchev–Trinajstić information content (AvgIpc) is 3.16. The first-order valence-corrected chi connectivity index (χ1v) is 11.2. The van der Waals surface area contributed by atoms with E-state index in [0.717, 1.165) is 31.5 Å². The van der Waals surface area contributed by atoms with E-state index in [1.807, 2.05) is 0 Å². The number of hydrogen-bond donors (Lipinski definition) is 0. The normalized spacial score (nSPS) is 50.7. The predicted molar refractivity (Wildman–Crippen MR) is 104 cm³/mol. The minimum absolute atomic E-state index is 0.116. The summed E-state index contributed by atoms with van der Waals surface area (Å²) in [7, 11) is 0. The van der Waals surface area contributed by atoms with Gasteiger partial charge in [-0.1, -0.05) is 60.0 Å². The van der Waals surface area contributed by atoms with Crippen LogP contribution in [0.1, 0.15) is 59.3 Å². The highest BCUT2D eigenvalue weighted by molar-refractivity contribution is 9.09. The van der Waals surface area contributed by atoms with Gasteiger partial charge in [0.25, 0.3) is 0 Å². The lowest BCUT2D eigenvalue weighted by Gasteiger charge is -2.54. The van der Waals surface area contributed by atoms with Crippen LogP contribution in [0, 0.1) is 28.6 Å². The van der Waals surface area contributed by atoms with Crippen molar-refractivity contribution in [2.75, 3.05) is 13.2 Å². The molecule has 1 aliphatic heterocycles. The minimum Gasteiger partial charge on any atom is -0.346 e. The van der Waals surface area contributed by atoms with Gasteiger partial charge in [0.1, 0.15) is 0 Å². The smallest absolute Gasteiger partial charge is 0.186 e. The molecule has 0 amide bonds. The van der Waals surface area contributed by atoms with Gasteiger partial charge in [0.05, 0.1) is 18.0 Å². The van der Waals surface area contributed by atoms with Crippen LogP contribution in [0.15, 0.2) is 23.3 Å². The van der Waals surface area contributed by atoms with E-state index >= 15 is 0 Å². The topological polar surface area (TPSA) is 18.5 Å². The van der Waals surface area contributed by atoms with Crippen molar-refractivity contribution in [2.45, 2.75) is 69.9 Å². The van der Waals surface area contributed by atoms with Gasteiger partial charge in [-0.05, 0) is 56.3 Å². The van der Waals surface area contributed by atoms with Crippen LogP contribution < -0.4 is 0 Å². The maximum atomic E-state index is 6.31. The largest absolute Gasteiger partial charge is 0.346 e. The fourth-order valence-electron chi connectivity index (χ4n) is 7.10. The van der Waals surface area contributed by atoms with Crippen molar-refractivity contribution in [1.29, 1.82) is 0 Å². The van der Waals surface area contributed by atoms with Crippen LogP contribution in [-0.4, -0.2) is 23.8 Å². The van der Waals surface area contributed by atoms with Crippen LogP contribution in [0.25, 0.3) is 0 Å². The summed E-state index contributed by atoms with van der Waals surface area (Å²) < 4.78 is 12.6. The highest BCUT2D eigenvalue weighted by Crippen LogP contribution is 2.67. The molecule has 1 saturated heterocycles. The number of allylic oxidation sites excluding steroid dienone is 4. The molecule has 0 aromatic carbocycles. The number of fused-ring (bicyclic) bond motifs is 5. The first-order valence-electron chi connectivity index (χ1n) is 10.2. The molecule has 25 heavy (non-hydrogen) atoms. The number of hydrogen-bond acceptors (Lipinski definition) is 2. The van der Waals surface area contributed by atoms with Gasteiger partial charge in [0, 0.05) is 10.8 Å². The van der Waals surface area contributed by atoms with E-state index in [1.165, 1.54) is 32.1 Å². The Morgan fingerprint density at radius 1 is 1.12 bits per heavy atom. The summed E-state index contributed by atoms with van der Waals surface area (Å²) in [6.45, 7) is 8.84. The Hall–Kier alpha value is -0.120. The Morgan fingerprint density at radius 2 is 1.88 bits per heavy atom. The predicted octanol–water partition coefficient (Wildman–Crippen LogP) is 5.62. The maximum absolute atomic E-state index is 6.31. The first-order chi connectivity index (χ1) is 11.9. The van der Waals surface area contributed by atoms with Crippen LogP contribution in [0.5, 0.6) is 0 Å². The Morgan fingerprint density at radius 3 is 2.64 bits per heavy atom. The van der Waals surface area contributed by atoms with Crippen molar-refractivity contribution in [2.24, 2.45) is 28.6 Å². The van der Waals surface area contributed by atoms with E-state index in [1.54, 1.807) is 11.1 Å². The zero-order chi connectivity index (χ0) is 17.4. The van der Waals surface area contributed by atoms with Crippen molar-refractivity contribution < 1.29 is 9.47 Å². The molecule has 1 spiro atoms. The molecule has 138 valence electrons. The minimum atomic E-state index is -0.398. The summed E-state index contributed by atoms with van der Waals surface area (Å²) >= 11 is 3.97. The molecule has 0 aromatic rings. The van der Waals surface area contributed by atoms with Crippen LogP contribution in [0.3, 0.4) is 0 Å². The molecule has 1 heterocycles. The highest BCUT2D eigenvalue weighted by Gasteiger charge is 2.68. The highest BCUT2D eigenvalue weighted by atomic mass is 79.9. The van der Waals surface area contributed by atoms with E-state index in [2.05, 4.69) is 48.9 Å². The summed E-state index contributed by atoms with van der Waals surface area (Å²) in [6.07, 6.45) is 12.7. The quantitative estimate of drug-likeness (QED) is 0.383. The van der Waals surface area contributed by atoms with Crippen LogP contribution in [0.4, 0.5) is 0 Å². The Balaban J connectivity index is 1.59. The lowest BCUT2D eigenvalue weighted by Crippen LogP contribution is -2.52. The van der Waals surface area contributed by atoms with Crippen LogP contribution >= 0.6 is 15.9 Å². The third-order valence-corrected chi connectivity index (χ3v) is 9.50. The standard InChI is InChI=1S/C22H31BrO2/c1-14-6-8-20(2)15(12-14)4-5-16-17(20)7-9-21(3)18(16)13-19(23)22(21)24-10-11-25-22/h6,8,14-15,18-19H,4-5,7,9-13H2,1-3H3/t14?,15?,18?,19?,20-,21-/m0/s1. The van der Waals surface area contributed by atoms with Gasteiger partial charge < -0.3 is 9.47 Å². The molecule has 4 aliphatic carbocycles. The second kappa shape index (κ2) is 5.45. The van der Waals surface area contributed by atoms with Gasteiger partial charge in [0.15, 0.2) is 5.79 Å². The van der Waals surface area contributed by atoms with E-state index in [-0.39, 0.29) is 5.41 Å².